The molecule has 142 valence electrons. The number of hydrogen-bond acceptors (Lipinski definition) is 4. The smallest absolute Gasteiger partial charge is 0.329 e. The highest BCUT2D eigenvalue weighted by atomic mass is 35.5. The highest BCUT2D eigenvalue weighted by molar-refractivity contribution is 6.33. The van der Waals surface area contributed by atoms with Crippen LogP contribution in [0, 0.1) is 5.82 Å². The van der Waals surface area contributed by atoms with Crippen molar-refractivity contribution in [2.75, 3.05) is 5.32 Å². The Kier molecular flexibility index (Phi) is 6.90. The minimum Gasteiger partial charge on any atom is -0.451 e. The van der Waals surface area contributed by atoms with Crippen molar-refractivity contribution in [3.05, 3.63) is 64.9 Å². The highest BCUT2D eigenvalue weighted by Gasteiger charge is 2.24. The van der Waals surface area contributed by atoms with Crippen LogP contribution >= 0.6 is 11.6 Å². The Morgan fingerprint density at radius 1 is 1.04 bits per heavy atom. The second-order valence-corrected chi connectivity index (χ2v) is 6.16. The molecular formula is C19H18ClFN2O4. The zero-order chi connectivity index (χ0) is 20.0. The number of ether oxygens (including phenoxy) is 1. The Hall–Kier alpha value is -2.93. The predicted octanol–water partition coefficient (Wildman–Crippen LogP) is 3.17. The lowest BCUT2D eigenvalue weighted by Crippen LogP contribution is -2.42. The van der Waals surface area contributed by atoms with Gasteiger partial charge in [-0.15, -0.1) is 0 Å². The molecule has 0 spiro atoms. The summed E-state index contributed by atoms with van der Waals surface area (Å²) in [7, 11) is 0. The monoisotopic (exact) mass is 392 g/mol. The zero-order valence-electron chi connectivity index (χ0n) is 14.7. The van der Waals surface area contributed by atoms with Crippen LogP contribution in [0.2, 0.25) is 5.02 Å². The Labute approximate surface area is 160 Å². The summed E-state index contributed by atoms with van der Waals surface area (Å²) in [6.07, 6.45) is -1.11. The molecule has 27 heavy (non-hydrogen) atoms. The number of carbonyl (C=O) groups is 3. The molecule has 0 aliphatic carbocycles. The number of halogens is 2. The Balaban J connectivity index is 1.89. The molecule has 0 aromatic heterocycles. The normalized spacial score (nSPS) is 12.6. The van der Waals surface area contributed by atoms with Gasteiger partial charge in [-0.05, 0) is 50.2 Å². The molecule has 0 aliphatic rings. The second-order valence-electron chi connectivity index (χ2n) is 5.75. The van der Waals surface area contributed by atoms with Crippen LogP contribution in [-0.2, 0) is 14.3 Å². The lowest BCUT2D eigenvalue weighted by molar-refractivity contribution is -0.154. The summed E-state index contributed by atoms with van der Waals surface area (Å²) in [5.41, 5.74) is 0.588. The first kappa shape index (κ1) is 20.4. The fraction of sp³-hybridized carbons (Fsp3) is 0.211. The number of nitrogens with one attached hydrogen (secondary N) is 2. The van der Waals surface area contributed by atoms with Crippen LogP contribution in [0.1, 0.15) is 24.2 Å². The summed E-state index contributed by atoms with van der Waals surface area (Å²) in [5, 5.41) is 5.22. The molecule has 6 nitrogen and oxygen atoms in total. The third-order valence-corrected chi connectivity index (χ3v) is 3.92. The van der Waals surface area contributed by atoms with Gasteiger partial charge in [-0.1, -0.05) is 23.7 Å². The van der Waals surface area contributed by atoms with Gasteiger partial charge in [-0.25, -0.2) is 9.18 Å². The number of benzene rings is 2. The molecule has 2 N–H and O–H groups in total. The van der Waals surface area contributed by atoms with Crippen LogP contribution in [0.3, 0.4) is 0 Å². The molecular weight excluding hydrogens is 375 g/mol. The number of rotatable bonds is 6. The van der Waals surface area contributed by atoms with Crippen molar-refractivity contribution in [3.63, 3.8) is 0 Å². The van der Waals surface area contributed by atoms with Gasteiger partial charge in [0, 0.05) is 5.69 Å². The average molecular weight is 393 g/mol. The van der Waals surface area contributed by atoms with Crippen LogP contribution in [0.15, 0.2) is 48.5 Å². The first-order valence-corrected chi connectivity index (χ1v) is 8.48. The minimum absolute atomic E-state index is 0.223. The first-order chi connectivity index (χ1) is 12.8. The van der Waals surface area contributed by atoms with E-state index in [0.717, 1.165) is 0 Å². The Morgan fingerprint density at radius 2 is 1.67 bits per heavy atom. The molecule has 2 rings (SSSR count). The van der Waals surface area contributed by atoms with Gasteiger partial charge in [-0.2, -0.15) is 0 Å². The zero-order valence-corrected chi connectivity index (χ0v) is 15.4. The van der Waals surface area contributed by atoms with E-state index in [0.29, 0.717) is 5.69 Å². The molecule has 2 atom stereocenters. The van der Waals surface area contributed by atoms with E-state index in [1.807, 2.05) is 0 Å². The van der Waals surface area contributed by atoms with Gasteiger partial charge >= 0.3 is 5.97 Å². The number of hydrogen-bond donors (Lipinski definition) is 2. The van der Waals surface area contributed by atoms with E-state index in [-0.39, 0.29) is 10.6 Å². The maximum absolute atomic E-state index is 12.9. The summed E-state index contributed by atoms with van der Waals surface area (Å²) in [5.74, 6) is -2.33. The van der Waals surface area contributed by atoms with Crippen LogP contribution in [0.5, 0.6) is 0 Å². The summed E-state index contributed by atoms with van der Waals surface area (Å²) >= 11 is 5.94. The molecule has 2 aromatic rings. The van der Waals surface area contributed by atoms with E-state index in [1.165, 1.54) is 44.2 Å². The number of carbonyl (C=O) groups excluding carboxylic acids is 3. The minimum atomic E-state index is -1.11. The molecule has 0 aliphatic heterocycles. The molecule has 8 heteroatoms. The van der Waals surface area contributed by atoms with Gasteiger partial charge in [-0.3, -0.25) is 9.59 Å². The van der Waals surface area contributed by atoms with Crippen molar-refractivity contribution in [1.29, 1.82) is 0 Å². The maximum atomic E-state index is 12.9. The lowest BCUT2D eigenvalue weighted by Gasteiger charge is -2.18. The fourth-order valence-corrected chi connectivity index (χ4v) is 2.31. The van der Waals surface area contributed by atoms with Crippen molar-refractivity contribution in [2.24, 2.45) is 0 Å². The number of amides is 2. The largest absolute Gasteiger partial charge is 0.451 e. The van der Waals surface area contributed by atoms with E-state index < -0.39 is 35.7 Å². The van der Waals surface area contributed by atoms with Gasteiger partial charge in [0.25, 0.3) is 11.8 Å². The van der Waals surface area contributed by atoms with E-state index in [1.54, 1.807) is 18.2 Å². The van der Waals surface area contributed by atoms with Gasteiger partial charge in [0.15, 0.2) is 6.10 Å². The lowest BCUT2D eigenvalue weighted by atomic mass is 10.2. The first-order valence-electron chi connectivity index (χ1n) is 8.10. The van der Waals surface area contributed by atoms with Crippen LogP contribution in [-0.4, -0.2) is 29.9 Å². The summed E-state index contributed by atoms with van der Waals surface area (Å²) in [6, 6.07) is 10.6. The van der Waals surface area contributed by atoms with E-state index in [9.17, 15) is 18.8 Å². The van der Waals surface area contributed by atoms with Crippen molar-refractivity contribution in [2.45, 2.75) is 26.0 Å². The third-order valence-electron chi connectivity index (χ3n) is 3.59. The van der Waals surface area contributed by atoms with Crippen molar-refractivity contribution in [3.8, 4) is 0 Å². The summed E-state index contributed by atoms with van der Waals surface area (Å²) in [6.45, 7) is 2.82. The summed E-state index contributed by atoms with van der Waals surface area (Å²) < 4.78 is 17.9. The number of esters is 1. The van der Waals surface area contributed by atoms with Crippen molar-refractivity contribution < 1.29 is 23.5 Å². The Morgan fingerprint density at radius 3 is 2.30 bits per heavy atom. The molecule has 2 aromatic carbocycles. The molecule has 0 heterocycles. The van der Waals surface area contributed by atoms with Crippen LogP contribution in [0.4, 0.5) is 10.1 Å². The fourth-order valence-electron chi connectivity index (χ4n) is 2.09. The molecule has 2 amide bonds. The van der Waals surface area contributed by atoms with Crippen LogP contribution in [0.25, 0.3) is 0 Å². The molecule has 0 unspecified atom stereocenters. The van der Waals surface area contributed by atoms with Crippen LogP contribution < -0.4 is 10.6 Å². The molecule has 0 radical (unpaired) electrons. The highest BCUT2D eigenvalue weighted by Crippen LogP contribution is 2.15. The quantitative estimate of drug-likeness (QED) is 0.739. The SMILES string of the molecule is C[C@H](NC(=O)c1ccccc1Cl)C(=O)O[C@H](C)C(=O)Nc1ccc(F)cc1. The average Bonchev–Trinajstić information content (AvgIpc) is 2.63. The van der Waals surface area contributed by atoms with E-state index in [4.69, 9.17) is 16.3 Å². The second kappa shape index (κ2) is 9.14. The molecule has 0 saturated carbocycles. The van der Waals surface area contributed by atoms with E-state index in [2.05, 4.69) is 10.6 Å². The maximum Gasteiger partial charge on any atom is 0.329 e. The predicted molar refractivity (Wildman–Crippen MR) is 99.0 cm³/mol. The topological polar surface area (TPSA) is 84.5 Å². The van der Waals surface area contributed by atoms with Crippen molar-refractivity contribution >= 4 is 35.1 Å². The van der Waals surface area contributed by atoms with Crippen molar-refractivity contribution in [1.82, 2.24) is 5.32 Å². The standard InChI is InChI=1S/C19H18ClFN2O4/c1-11(22-18(25)15-5-3-4-6-16(15)20)19(26)27-12(2)17(24)23-14-9-7-13(21)8-10-14/h3-12H,1-2H3,(H,22,25)(H,23,24)/t11-,12+/m0/s1. The molecule has 0 fully saturated rings. The van der Waals surface area contributed by atoms with Gasteiger partial charge in [0.2, 0.25) is 0 Å². The number of anilines is 1. The molecule has 0 bridgehead atoms. The molecule has 0 saturated heterocycles. The summed E-state index contributed by atoms with van der Waals surface area (Å²) in [4.78, 5) is 36.3. The van der Waals surface area contributed by atoms with Gasteiger partial charge in [0.05, 0.1) is 10.6 Å². The van der Waals surface area contributed by atoms with Gasteiger partial charge in [0.1, 0.15) is 11.9 Å². The Bertz CT molecular complexity index is 842. The van der Waals surface area contributed by atoms with E-state index >= 15 is 0 Å². The van der Waals surface area contributed by atoms with Gasteiger partial charge < -0.3 is 15.4 Å². The third kappa shape index (κ3) is 5.79.